The molecule has 0 radical (unpaired) electrons. The van der Waals surface area contributed by atoms with Crippen LogP contribution in [-0.4, -0.2) is 7.11 Å². The zero-order valence-electron chi connectivity index (χ0n) is 8.10. The van der Waals surface area contributed by atoms with Gasteiger partial charge >= 0.3 is 0 Å². The molecule has 0 fully saturated rings. The maximum Gasteiger partial charge on any atom is 0.137 e. The predicted molar refractivity (Wildman–Crippen MR) is 55.3 cm³/mol. The maximum absolute atomic E-state index is 6.10. The molecule has 0 aliphatic rings. The van der Waals surface area contributed by atoms with E-state index in [4.69, 9.17) is 22.1 Å². The van der Waals surface area contributed by atoms with Crippen molar-refractivity contribution in [3.05, 3.63) is 28.3 Å². The highest BCUT2D eigenvalue weighted by Crippen LogP contribution is 2.33. The van der Waals surface area contributed by atoms with Gasteiger partial charge in [-0.1, -0.05) is 17.7 Å². The van der Waals surface area contributed by atoms with Gasteiger partial charge in [0.25, 0.3) is 0 Å². The molecule has 0 amide bonds. The Bertz CT molecular complexity index is 310. The molecule has 2 N–H and O–H groups in total. The van der Waals surface area contributed by atoms with Crippen molar-refractivity contribution >= 4 is 11.6 Å². The lowest BCUT2D eigenvalue weighted by atomic mass is 10.0. The van der Waals surface area contributed by atoms with Crippen LogP contribution in [0.15, 0.2) is 12.1 Å². The van der Waals surface area contributed by atoms with Crippen LogP contribution < -0.4 is 10.5 Å². The highest BCUT2D eigenvalue weighted by Gasteiger charge is 2.12. The van der Waals surface area contributed by atoms with Crippen molar-refractivity contribution < 1.29 is 4.74 Å². The van der Waals surface area contributed by atoms with Gasteiger partial charge in [-0.05, 0) is 31.0 Å². The van der Waals surface area contributed by atoms with E-state index in [1.165, 1.54) is 0 Å². The van der Waals surface area contributed by atoms with E-state index in [1.54, 1.807) is 7.11 Å². The Morgan fingerprint density at radius 3 is 2.54 bits per heavy atom. The number of hydrogen-bond donors (Lipinski definition) is 1. The van der Waals surface area contributed by atoms with Crippen molar-refractivity contribution in [2.24, 2.45) is 5.73 Å². The number of ether oxygens (including phenoxy) is 1. The molecule has 1 aromatic carbocycles. The Morgan fingerprint density at radius 2 is 2.08 bits per heavy atom. The second kappa shape index (κ2) is 3.99. The fourth-order valence-electron chi connectivity index (χ4n) is 1.39. The van der Waals surface area contributed by atoms with Crippen LogP contribution in [-0.2, 0) is 0 Å². The molecule has 0 aliphatic carbocycles. The number of aryl methyl sites for hydroxylation is 1. The molecule has 1 atom stereocenters. The quantitative estimate of drug-likeness (QED) is 0.795. The van der Waals surface area contributed by atoms with E-state index >= 15 is 0 Å². The number of rotatable bonds is 2. The van der Waals surface area contributed by atoms with Gasteiger partial charge in [-0.15, -0.1) is 0 Å². The van der Waals surface area contributed by atoms with Gasteiger partial charge in [0.15, 0.2) is 0 Å². The smallest absolute Gasteiger partial charge is 0.137 e. The van der Waals surface area contributed by atoms with Crippen molar-refractivity contribution in [2.45, 2.75) is 19.9 Å². The summed E-state index contributed by atoms with van der Waals surface area (Å²) in [4.78, 5) is 0. The molecule has 1 unspecified atom stereocenters. The SMILES string of the molecule is COc1ccc(C)c(C(C)N)c1Cl. The van der Waals surface area contributed by atoms with E-state index in [0.29, 0.717) is 10.8 Å². The van der Waals surface area contributed by atoms with E-state index in [-0.39, 0.29) is 6.04 Å². The van der Waals surface area contributed by atoms with Crippen molar-refractivity contribution in [1.29, 1.82) is 0 Å². The molecule has 13 heavy (non-hydrogen) atoms. The zero-order chi connectivity index (χ0) is 10.0. The van der Waals surface area contributed by atoms with Crippen LogP contribution >= 0.6 is 11.6 Å². The van der Waals surface area contributed by atoms with Gasteiger partial charge in [0.05, 0.1) is 12.1 Å². The van der Waals surface area contributed by atoms with Crippen molar-refractivity contribution in [2.75, 3.05) is 7.11 Å². The largest absolute Gasteiger partial charge is 0.495 e. The van der Waals surface area contributed by atoms with Crippen molar-refractivity contribution in [3.8, 4) is 5.75 Å². The molecular weight excluding hydrogens is 186 g/mol. The average molecular weight is 200 g/mol. The molecule has 72 valence electrons. The maximum atomic E-state index is 6.10. The zero-order valence-corrected chi connectivity index (χ0v) is 8.85. The van der Waals surface area contributed by atoms with Gasteiger partial charge in [-0.2, -0.15) is 0 Å². The molecule has 0 spiro atoms. The first-order valence-electron chi connectivity index (χ1n) is 4.16. The minimum atomic E-state index is -0.0670. The van der Waals surface area contributed by atoms with Crippen LogP contribution in [0.5, 0.6) is 5.75 Å². The number of benzene rings is 1. The lowest BCUT2D eigenvalue weighted by molar-refractivity contribution is 0.414. The number of halogens is 1. The Kier molecular flexibility index (Phi) is 3.17. The summed E-state index contributed by atoms with van der Waals surface area (Å²) >= 11 is 6.10. The fourth-order valence-corrected chi connectivity index (χ4v) is 1.85. The summed E-state index contributed by atoms with van der Waals surface area (Å²) in [5, 5.41) is 0.623. The molecule has 0 aromatic heterocycles. The first-order valence-corrected chi connectivity index (χ1v) is 4.54. The highest BCUT2D eigenvalue weighted by molar-refractivity contribution is 6.33. The normalized spacial score (nSPS) is 12.7. The Hall–Kier alpha value is -0.730. The topological polar surface area (TPSA) is 35.2 Å². The fraction of sp³-hybridized carbons (Fsp3) is 0.400. The molecule has 2 nitrogen and oxygen atoms in total. The van der Waals surface area contributed by atoms with Gasteiger partial charge < -0.3 is 10.5 Å². The Balaban J connectivity index is 3.30. The van der Waals surface area contributed by atoms with Gasteiger partial charge in [0.2, 0.25) is 0 Å². The Labute approximate surface area is 83.6 Å². The van der Waals surface area contributed by atoms with Crippen molar-refractivity contribution in [1.82, 2.24) is 0 Å². The summed E-state index contributed by atoms with van der Waals surface area (Å²) in [6, 6.07) is 3.75. The summed E-state index contributed by atoms with van der Waals surface area (Å²) in [6.07, 6.45) is 0. The second-order valence-electron chi connectivity index (χ2n) is 3.10. The Morgan fingerprint density at radius 1 is 1.46 bits per heavy atom. The number of methoxy groups -OCH3 is 1. The monoisotopic (exact) mass is 199 g/mol. The lowest BCUT2D eigenvalue weighted by Gasteiger charge is -2.14. The molecule has 0 saturated carbocycles. The minimum Gasteiger partial charge on any atom is -0.495 e. The van der Waals surface area contributed by atoms with Gasteiger partial charge in [-0.25, -0.2) is 0 Å². The van der Waals surface area contributed by atoms with Crippen LogP contribution in [0.4, 0.5) is 0 Å². The van der Waals surface area contributed by atoms with E-state index in [1.807, 2.05) is 26.0 Å². The van der Waals surface area contributed by atoms with E-state index in [0.717, 1.165) is 11.1 Å². The number of hydrogen-bond acceptors (Lipinski definition) is 2. The molecule has 0 saturated heterocycles. The lowest BCUT2D eigenvalue weighted by Crippen LogP contribution is -2.08. The average Bonchev–Trinajstić information content (AvgIpc) is 2.04. The predicted octanol–water partition coefficient (Wildman–Crippen LogP) is 2.68. The standard InChI is InChI=1S/C10H14ClNO/c1-6-4-5-8(13-3)10(11)9(6)7(2)12/h4-5,7H,12H2,1-3H3. The molecule has 1 aromatic rings. The van der Waals surface area contributed by atoms with Crippen LogP contribution in [0.2, 0.25) is 5.02 Å². The minimum absolute atomic E-state index is 0.0670. The first kappa shape index (κ1) is 10.4. The van der Waals surface area contributed by atoms with E-state index < -0.39 is 0 Å². The van der Waals surface area contributed by atoms with E-state index in [9.17, 15) is 0 Å². The van der Waals surface area contributed by atoms with Gasteiger partial charge in [0, 0.05) is 6.04 Å². The van der Waals surface area contributed by atoms with Crippen LogP contribution in [0.1, 0.15) is 24.1 Å². The molecule has 0 bridgehead atoms. The third kappa shape index (κ3) is 1.95. The van der Waals surface area contributed by atoms with Crippen LogP contribution in [0, 0.1) is 6.92 Å². The second-order valence-corrected chi connectivity index (χ2v) is 3.48. The molecule has 0 heterocycles. The molecule has 3 heteroatoms. The summed E-state index contributed by atoms with van der Waals surface area (Å²) < 4.78 is 5.10. The molecule has 0 aliphatic heterocycles. The van der Waals surface area contributed by atoms with Gasteiger partial charge in [0.1, 0.15) is 5.75 Å². The van der Waals surface area contributed by atoms with Crippen molar-refractivity contribution in [3.63, 3.8) is 0 Å². The van der Waals surface area contributed by atoms with Crippen LogP contribution in [0.3, 0.4) is 0 Å². The van der Waals surface area contributed by atoms with Crippen LogP contribution in [0.25, 0.3) is 0 Å². The first-order chi connectivity index (χ1) is 6.07. The summed E-state index contributed by atoms with van der Waals surface area (Å²) in [5.41, 5.74) is 7.86. The third-order valence-corrected chi connectivity index (χ3v) is 2.43. The summed E-state index contributed by atoms with van der Waals surface area (Å²) in [5.74, 6) is 0.680. The molecular formula is C10H14ClNO. The van der Waals surface area contributed by atoms with E-state index in [2.05, 4.69) is 0 Å². The summed E-state index contributed by atoms with van der Waals surface area (Å²) in [7, 11) is 1.60. The molecule has 1 rings (SSSR count). The van der Waals surface area contributed by atoms with Gasteiger partial charge in [-0.3, -0.25) is 0 Å². The third-order valence-electron chi connectivity index (χ3n) is 2.04. The summed E-state index contributed by atoms with van der Waals surface area (Å²) in [6.45, 7) is 3.90. The number of nitrogens with two attached hydrogens (primary N) is 1. The highest BCUT2D eigenvalue weighted by atomic mass is 35.5.